The van der Waals surface area contributed by atoms with E-state index in [1.807, 2.05) is 11.8 Å². The summed E-state index contributed by atoms with van der Waals surface area (Å²) in [6, 6.07) is 0. The molecule has 1 amide bonds. The van der Waals surface area contributed by atoms with Gasteiger partial charge in [0.15, 0.2) is 0 Å². The van der Waals surface area contributed by atoms with Crippen molar-refractivity contribution in [3.8, 4) is 0 Å². The summed E-state index contributed by atoms with van der Waals surface area (Å²) in [6.45, 7) is 9.99. The normalized spacial score (nSPS) is 29.3. The molecule has 1 aliphatic rings. The summed E-state index contributed by atoms with van der Waals surface area (Å²) in [5.41, 5.74) is 0. The Balaban J connectivity index is 2.54. The number of carbonyl (C=O) groups excluding carboxylic acids is 1. The maximum absolute atomic E-state index is 12.1. The SMILES string of the molecule is CC(C)C(C)C(=O)N1CCC(Cl)C(C)C1. The van der Waals surface area contributed by atoms with E-state index in [4.69, 9.17) is 11.6 Å². The van der Waals surface area contributed by atoms with Crippen molar-refractivity contribution >= 4 is 17.5 Å². The number of halogens is 1. The molecule has 3 atom stereocenters. The van der Waals surface area contributed by atoms with Crippen molar-refractivity contribution in [3.05, 3.63) is 0 Å². The minimum absolute atomic E-state index is 0.129. The molecule has 2 nitrogen and oxygen atoms in total. The highest BCUT2D eigenvalue weighted by Crippen LogP contribution is 2.24. The van der Waals surface area contributed by atoms with Crippen molar-refractivity contribution in [2.45, 2.75) is 39.5 Å². The Bertz CT molecular complexity index is 230. The first kappa shape index (κ1) is 12.8. The molecule has 1 saturated heterocycles. The quantitative estimate of drug-likeness (QED) is 0.670. The maximum Gasteiger partial charge on any atom is 0.225 e. The van der Waals surface area contributed by atoms with Crippen molar-refractivity contribution in [1.82, 2.24) is 4.90 Å². The average molecular weight is 232 g/mol. The summed E-state index contributed by atoms with van der Waals surface area (Å²) in [5, 5.41) is 0.239. The standard InChI is InChI=1S/C12H22ClNO/c1-8(2)10(4)12(15)14-6-5-11(13)9(3)7-14/h8-11H,5-7H2,1-4H3. The van der Waals surface area contributed by atoms with E-state index in [1.54, 1.807) is 0 Å². The van der Waals surface area contributed by atoms with Gasteiger partial charge in [-0.05, 0) is 18.3 Å². The first-order valence-corrected chi connectivity index (χ1v) is 6.30. The summed E-state index contributed by atoms with van der Waals surface area (Å²) in [7, 11) is 0. The third-order valence-corrected chi connectivity index (χ3v) is 4.15. The Morgan fingerprint density at radius 2 is 2.00 bits per heavy atom. The van der Waals surface area contributed by atoms with Crippen LogP contribution in [0.1, 0.15) is 34.1 Å². The molecule has 3 heteroatoms. The molecule has 0 aromatic carbocycles. The maximum atomic E-state index is 12.1. The van der Waals surface area contributed by atoms with Crippen LogP contribution in [0, 0.1) is 17.8 Å². The van der Waals surface area contributed by atoms with Crippen LogP contribution in [0.5, 0.6) is 0 Å². The molecule has 3 unspecified atom stereocenters. The number of likely N-dealkylation sites (tertiary alicyclic amines) is 1. The lowest BCUT2D eigenvalue weighted by atomic mass is 9.93. The van der Waals surface area contributed by atoms with Gasteiger partial charge in [0.2, 0.25) is 5.91 Å². The zero-order chi connectivity index (χ0) is 11.6. The lowest BCUT2D eigenvalue weighted by Crippen LogP contribution is -2.46. The molecule has 0 aromatic rings. The zero-order valence-corrected chi connectivity index (χ0v) is 10.9. The Labute approximate surface area is 98.0 Å². The number of carbonyl (C=O) groups is 1. The molecule has 0 saturated carbocycles. The van der Waals surface area contributed by atoms with Gasteiger partial charge in [-0.1, -0.05) is 27.7 Å². The molecular formula is C12H22ClNO. The van der Waals surface area contributed by atoms with Crippen LogP contribution in [0.25, 0.3) is 0 Å². The third-order valence-electron chi connectivity index (χ3n) is 3.50. The van der Waals surface area contributed by atoms with Gasteiger partial charge in [0.1, 0.15) is 0 Å². The minimum Gasteiger partial charge on any atom is -0.342 e. The van der Waals surface area contributed by atoms with Crippen LogP contribution in [-0.2, 0) is 4.79 Å². The predicted octanol–water partition coefficient (Wildman–Crippen LogP) is 2.75. The van der Waals surface area contributed by atoms with Crippen molar-refractivity contribution in [3.63, 3.8) is 0 Å². The Kier molecular flexibility index (Phi) is 4.45. The first-order chi connectivity index (χ1) is 6.93. The molecule has 1 rings (SSSR count). The summed E-state index contributed by atoms with van der Waals surface area (Å²) in [6.07, 6.45) is 0.930. The van der Waals surface area contributed by atoms with Gasteiger partial charge in [0, 0.05) is 24.4 Å². The predicted molar refractivity (Wildman–Crippen MR) is 64.0 cm³/mol. The van der Waals surface area contributed by atoms with Crippen molar-refractivity contribution in [1.29, 1.82) is 0 Å². The van der Waals surface area contributed by atoms with Crippen LogP contribution < -0.4 is 0 Å². The number of alkyl halides is 1. The van der Waals surface area contributed by atoms with Crippen molar-refractivity contribution < 1.29 is 4.79 Å². The molecule has 0 bridgehead atoms. The van der Waals surface area contributed by atoms with E-state index in [2.05, 4.69) is 20.8 Å². The Hall–Kier alpha value is -0.240. The van der Waals surface area contributed by atoms with Crippen LogP contribution >= 0.6 is 11.6 Å². The molecule has 0 radical (unpaired) electrons. The molecule has 15 heavy (non-hydrogen) atoms. The fourth-order valence-corrected chi connectivity index (χ4v) is 2.07. The summed E-state index contributed by atoms with van der Waals surface area (Å²) in [4.78, 5) is 14.1. The highest BCUT2D eigenvalue weighted by Gasteiger charge is 2.30. The third kappa shape index (κ3) is 3.10. The fraction of sp³-hybridized carbons (Fsp3) is 0.917. The van der Waals surface area contributed by atoms with Gasteiger partial charge in [-0.3, -0.25) is 4.79 Å². The second kappa shape index (κ2) is 5.20. The average Bonchev–Trinajstić information content (AvgIpc) is 2.19. The highest BCUT2D eigenvalue weighted by molar-refractivity contribution is 6.20. The molecule has 0 spiro atoms. The number of nitrogens with zero attached hydrogens (tertiary/aromatic N) is 1. The molecule has 0 N–H and O–H groups in total. The van der Waals surface area contributed by atoms with E-state index >= 15 is 0 Å². The van der Waals surface area contributed by atoms with E-state index < -0.39 is 0 Å². The molecule has 0 aliphatic carbocycles. The number of amides is 1. The van der Waals surface area contributed by atoms with E-state index in [9.17, 15) is 4.79 Å². The van der Waals surface area contributed by atoms with Gasteiger partial charge < -0.3 is 4.90 Å². The van der Waals surface area contributed by atoms with E-state index in [-0.39, 0.29) is 11.3 Å². The fourth-order valence-electron chi connectivity index (χ4n) is 1.89. The highest BCUT2D eigenvalue weighted by atomic mass is 35.5. The van der Waals surface area contributed by atoms with Crippen molar-refractivity contribution in [2.24, 2.45) is 17.8 Å². The van der Waals surface area contributed by atoms with Gasteiger partial charge >= 0.3 is 0 Å². The van der Waals surface area contributed by atoms with E-state index in [1.165, 1.54) is 0 Å². The first-order valence-electron chi connectivity index (χ1n) is 5.86. The van der Waals surface area contributed by atoms with Gasteiger partial charge in [-0.15, -0.1) is 11.6 Å². The number of piperidine rings is 1. The van der Waals surface area contributed by atoms with E-state index in [0.717, 1.165) is 19.5 Å². The lowest BCUT2D eigenvalue weighted by molar-refractivity contribution is -0.137. The Morgan fingerprint density at radius 1 is 1.40 bits per heavy atom. The monoisotopic (exact) mass is 231 g/mol. The molecule has 1 fully saturated rings. The van der Waals surface area contributed by atoms with Crippen LogP contribution in [0.3, 0.4) is 0 Å². The van der Waals surface area contributed by atoms with Gasteiger partial charge in [-0.2, -0.15) is 0 Å². The second-order valence-electron chi connectivity index (χ2n) is 5.10. The smallest absolute Gasteiger partial charge is 0.225 e. The van der Waals surface area contributed by atoms with Gasteiger partial charge in [-0.25, -0.2) is 0 Å². The van der Waals surface area contributed by atoms with Crippen molar-refractivity contribution in [2.75, 3.05) is 13.1 Å². The van der Waals surface area contributed by atoms with Crippen LogP contribution in [-0.4, -0.2) is 29.3 Å². The molecule has 0 aromatic heterocycles. The number of rotatable bonds is 2. The summed E-state index contributed by atoms with van der Waals surface area (Å²) in [5.74, 6) is 1.26. The second-order valence-corrected chi connectivity index (χ2v) is 5.66. The van der Waals surface area contributed by atoms with Gasteiger partial charge in [0.05, 0.1) is 0 Å². The lowest BCUT2D eigenvalue weighted by Gasteiger charge is -2.36. The van der Waals surface area contributed by atoms with Crippen LogP contribution in [0.4, 0.5) is 0 Å². The van der Waals surface area contributed by atoms with Gasteiger partial charge in [0.25, 0.3) is 0 Å². The van der Waals surface area contributed by atoms with Crippen LogP contribution in [0.15, 0.2) is 0 Å². The zero-order valence-electron chi connectivity index (χ0n) is 10.2. The number of hydrogen-bond donors (Lipinski definition) is 0. The molecule has 88 valence electrons. The molecule has 1 aliphatic heterocycles. The number of hydrogen-bond acceptors (Lipinski definition) is 1. The minimum atomic E-state index is 0.129. The Morgan fingerprint density at radius 3 is 2.47 bits per heavy atom. The largest absolute Gasteiger partial charge is 0.342 e. The summed E-state index contributed by atoms with van der Waals surface area (Å²) < 4.78 is 0. The summed E-state index contributed by atoms with van der Waals surface area (Å²) >= 11 is 6.14. The molecular weight excluding hydrogens is 210 g/mol. The van der Waals surface area contributed by atoms with E-state index in [0.29, 0.717) is 17.7 Å². The molecule has 1 heterocycles. The van der Waals surface area contributed by atoms with Crippen LogP contribution in [0.2, 0.25) is 0 Å². The topological polar surface area (TPSA) is 20.3 Å².